The lowest BCUT2D eigenvalue weighted by molar-refractivity contribution is 0.233. The molecule has 0 spiro atoms. The van der Waals surface area contributed by atoms with Crippen LogP contribution in [0.1, 0.15) is 25.7 Å². The summed E-state index contributed by atoms with van der Waals surface area (Å²) in [7, 11) is -2.93. The first-order chi connectivity index (χ1) is 8.55. The summed E-state index contributed by atoms with van der Waals surface area (Å²) in [4.78, 5) is 11.7. The number of carbonyl (C=O) groups is 1. The van der Waals surface area contributed by atoms with Crippen molar-refractivity contribution in [3.05, 3.63) is 0 Å². The van der Waals surface area contributed by atoms with Gasteiger partial charge in [0.15, 0.2) is 9.84 Å². The summed E-state index contributed by atoms with van der Waals surface area (Å²) in [5, 5.41) is 8.92. The molecule has 2 aliphatic heterocycles. The van der Waals surface area contributed by atoms with Crippen LogP contribution in [-0.2, 0) is 9.84 Å². The molecule has 104 valence electrons. The number of rotatable bonds is 2. The van der Waals surface area contributed by atoms with E-state index in [1.54, 1.807) is 0 Å². The largest absolute Gasteiger partial charge is 0.334 e. The number of urea groups is 1. The highest BCUT2D eigenvalue weighted by Crippen LogP contribution is 2.11. The van der Waals surface area contributed by atoms with E-state index in [0.717, 1.165) is 32.4 Å². The molecule has 7 heteroatoms. The molecule has 0 aliphatic carbocycles. The molecule has 2 amide bonds. The van der Waals surface area contributed by atoms with Gasteiger partial charge in [-0.1, -0.05) is 6.42 Å². The normalized spacial score (nSPS) is 31.6. The van der Waals surface area contributed by atoms with Crippen LogP contribution in [-0.4, -0.2) is 51.1 Å². The molecule has 18 heavy (non-hydrogen) atoms. The van der Waals surface area contributed by atoms with Gasteiger partial charge in [0, 0.05) is 18.6 Å². The highest BCUT2D eigenvalue weighted by molar-refractivity contribution is 7.91. The average Bonchev–Trinajstić information content (AvgIpc) is 2.52. The van der Waals surface area contributed by atoms with Crippen LogP contribution in [0.4, 0.5) is 4.79 Å². The van der Waals surface area contributed by atoms with Crippen molar-refractivity contribution in [2.45, 2.75) is 37.8 Å². The fourth-order valence-corrected chi connectivity index (χ4v) is 4.14. The summed E-state index contributed by atoms with van der Waals surface area (Å²) >= 11 is 0. The van der Waals surface area contributed by atoms with E-state index in [4.69, 9.17) is 0 Å². The van der Waals surface area contributed by atoms with Gasteiger partial charge in [-0.05, 0) is 25.8 Å². The second-order valence-electron chi connectivity index (χ2n) is 5.11. The van der Waals surface area contributed by atoms with E-state index in [1.807, 2.05) is 0 Å². The highest BCUT2D eigenvalue weighted by atomic mass is 32.2. The van der Waals surface area contributed by atoms with Gasteiger partial charge in [-0.2, -0.15) is 0 Å². The summed E-state index contributed by atoms with van der Waals surface area (Å²) in [5.74, 6) is 0.256. The summed E-state index contributed by atoms with van der Waals surface area (Å²) in [6.07, 6.45) is 3.75. The summed E-state index contributed by atoms with van der Waals surface area (Å²) in [6, 6.07) is -0.329. The lowest BCUT2D eigenvalue weighted by Crippen LogP contribution is -2.49. The minimum absolute atomic E-state index is 0.0728. The molecule has 0 aromatic carbocycles. The first-order valence-electron chi connectivity index (χ1n) is 6.53. The SMILES string of the molecule is O=C(NC1CCCCNC1)NC1CCS(=O)(=O)C1. The van der Waals surface area contributed by atoms with Gasteiger partial charge in [-0.3, -0.25) is 0 Å². The van der Waals surface area contributed by atoms with E-state index < -0.39 is 9.84 Å². The molecular formula is C11H21N3O3S. The second-order valence-corrected chi connectivity index (χ2v) is 7.34. The molecule has 6 nitrogen and oxygen atoms in total. The standard InChI is InChI=1S/C11H21N3O3S/c15-11(13-9-3-1-2-5-12-7-9)14-10-4-6-18(16,17)8-10/h9-10,12H,1-8H2,(H2,13,14,15). The smallest absolute Gasteiger partial charge is 0.315 e. The van der Waals surface area contributed by atoms with Crippen molar-refractivity contribution in [2.24, 2.45) is 0 Å². The Morgan fingerprint density at radius 1 is 1.11 bits per heavy atom. The topological polar surface area (TPSA) is 87.3 Å². The number of amides is 2. The molecule has 0 radical (unpaired) electrons. The van der Waals surface area contributed by atoms with Crippen molar-refractivity contribution in [1.82, 2.24) is 16.0 Å². The van der Waals surface area contributed by atoms with Crippen molar-refractivity contribution in [2.75, 3.05) is 24.6 Å². The van der Waals surface area contributed by atoms with Gasteiger partial charge in [0.1, 0.15) is 0 Å². The van der Waals surface area contributed by atoms with Crippen LogP contribution < -0.4 is 16.0 Å². The first-order valence-corrected chi connectivity index (χ1v) is 8.35. The molecule has 2 unspecified atom stereocenters. The Balaban J connectivity index is 1.75. The van der Waals surface area contributed by atoms with Crippen LogP contribution in [0.25, 0.3) is 0 Å². The van der Waals surface area contributed by atoms with E-state index in [1.165, 1.54) is 0 Å². The predicted molar refractivity (Wildman–Crippen MR) is 69.2 cm³/mol. The van der Waals surface area contributed by atoms with Gasteiger partial charge >= 0.3 is 6.03 Å². The van der Waals surface area contributed by atoms with Crippen LogP contribution >= 0.6 is 0 Å². The Morgan fingerprint density at radius 2 is 1.89 bits per heavy atom. The number of hydrogen-bond acceptors (Lipinski definition) is 4. The minimum Gasteiger partial charge on any atom is -0.334 e. The van der Waals surface area contributed by atoms with Crippen molar-refractivity contribution >= 4 is 15.9 Å². The van der Waals surface area contributed by atoms with Crippen LogP contribution in [0, 0.1) is 0 Å². The summed E-state index contributed by atoms with van der Waals surface area (Å²) < 4.78 is 22.6. The van der Waals surface area contributed by atoms with Gasteiger partial charge < -0.3 is 16.0 Å². The summed E-state index contributed by atoms with van der Waals surface area (Å²) in [6.45, 7) is 1.79. The third-order valence-corrected chi connectivity index (χ3v) is 5.22. The van der Waals surface area contributed by atoms with E-state index in [0.29, 0.717) is 6.42 Å². The van der Waals surface area contributed by atoms with Crippen LogP contribution in [0.15, 0.2) is 0 Å². The van der Waals surface area contributed by atoms with Crippen molar-refractivity contribution in [3.8, 4) is 0 Å². The van der Waals surface area contributed by atoms with Crippen molar-refractivity contribution < 1.29 is 13.2 Å². The zero-order valence-corrected chi connectivity index (χ0v) is 11.3. The average molecular weight is 275 g/mol. The Labute approximate surface area is 108 Å². The maximum absolute atomic E-state index is 11.7. The van der Waals surface area contributed by atoms with Gasteiger partial charge in [0.2, 0.25) is 0 Å². The monoisotopic (exact) mass is 275 g/mol. The van der Waals surface area contributed by atoms with Crippen molar-refractivity contribution in [3.63, 3.8) is 0 Å². The molecule has 2 heterocycles. The fourth-order valence-electron chi connectivity index (χ4n) is 2.46. The second kappa shape index (κ2) is 5.88. The Hall–Kier alpha value is -0.820. The van der Waals surface area contributed by atoms with Crippen LogP contribution in [0.5, 0.6) is 0 Å². The van der Waals surface area contributed by atoms with E-state index >= 15 is 0 Å². The van der Waals surface area contributed by atoms with Crippen LogP contribution in [0.3, 0.4) is 0 Å². The van der Waals surface area contributed by atoms with E-state index in [-0.39, 0.29) is 29.6 Å². The molecule has 2 fully saturated rings. The Bertz CT molecular complexity index is 388. The number of sulfone groups is 1. The molecule has 3 N–H and O–H groups in total. The quantitative estimate of drug-likeness (QED) is 0.641. The van der Waals surface area contributed by atoms with Gasteiger partial charge in [-0.25, -0.2) is 13.2 Å². The number of nitrogens with one attached hydrogen (secondary N) is 3. The fraction of sp³-hybridized carbons (Fsp3) is 0.909. The molecule has 2 rings (SSSR count). The van der Waals surface area contributed by atoms with Gasteiger partial charge in [0.05, 0.1) is 11.5 Å². The minimum atomic E-state index is -2.93. The van der Waals surface area contributed by atoms with Crippen molar-refractivity contribution in [1.29, 1.82) is 0 Å². The molecule has 0 saturated carbocycles. The number of carbonyl (C=O) groups excluding carboxylic acids is 1. The van der Waals surface area contributed by atoms with Crippen LogP contribution in [0.2, 0.25) is 0 Å². The lowest BCUT2D eigenvalue weighted by Gasteiger charge is -2.18. The first kappa shape index (κ1) is 13.6. The molecule has 0 aromatic heterocycles. The third kappa shape index (κ3) is 4.13. The number of hydrogen-bond donors (Lipinski definition) is 3. The van der Waals surface area contributed by atoms with E-state index in [9.17, 15) is 13.2 Å². The van der Waals surface area contributed by atoms with Gasteiger partial charge in [0.25, 0.3) is 0 Å². The zero-order chi connectivity index (χ0) is 13.0. The molecular weight excluding hydrogens is 254 g/mol. The predicted octanol–water partition coefficient (Wildman–Crippen LogP) is -0.385. The molecule has 2 atom stereocenters. The highest BCUT2D eigenvalue weighted by Gasteiger charge is 2.29. The molecule has 0 bridgehead atoms. The molecule has 2 saturated heterocycles. The maximum atomic E-state index is 11.7. The Kier molecular flexibility index (Phi) is 4.45. The van der Waals surface area contributed by atoms with Gasteiger partial charge in [-0.15, -0.1) is 0 Å². The summed E-state index contributed by atoms with van der Waals surface area (Å²) in [5.41, 5.74) is 0. The zero-order valence-electron chi connectivity index (χ0n) is 10.4. The van der Waals surface area contributed by atoms with E-state index in [2.05, 4.69) is 16.0 Å². The lowest BCUT2D eigenvalue weighted by atomic mass is 10.1. The third-order valence-electron chi connectivity index (χ3n) is 3.45. The maximum Gasteiger partial charge on any atom is 0.315 e. The molecule has 0 aromatic rings. The molecule has 2 aliphatic rings. The Morgan fingerprint density at radius 3 is 2.61 bits per heavy atom.